The van der Waals surface area contributed by atoms with Gasteiger partial charge in [0.05, 0.1) is 16.7 Å². The molecular weight excluding hydrogens is 460 g/mol. The van der Waals surface area contributed by atoms with Crippen molar-refractivity contribution >= 4 is 39.5 Å². The average Bonchev–Trinajstić information content (AvgIpc) is 3.15. The van der Waals surface area contributed by atoms with Crippen molar-refractivity contribution in [2.75, 3.05) is 18.0 Å². The van der Waals surface area contributed by atoms with Crippen molar-refractivity contribution in [2.24, 2.45) is 11.7 Å². The Balaban J connectivity index is 1.42. The molecule has 4 rings (SSSR count). The smallest absolute Gasteiger partial charge is 0.261 e. The minimum Gasteiger partial charge on any atom is -0.365 e. The molecule has 3 amide bonds. The van der Waals surface area contributed by atoms with E-state index in [-0.39, 0.29) is 17.4 Å². The number of rotatable bonds is 6. The molecule has 2 aromatic rings. The second-order valence-electron chi connectivity index (χ2n) is 8.81. The fraction of sp³-hybridized carbons (Fsp3) is 0.391. The van der Waals surface area contributed by atoms with Crippen molar-refractivity contribution in [3.8, 4) is 0 Å². The first-order valence-corrected chi connectivity index (χ1v) is 11.2. The highest BCUT2D eigenvalue weighted by atomic mass is 79.9. The summed E-state index contributed by atoms with van der Waals surface area (Å²) in [5.74, 6) is 0.0260. The van der Waals surface area contributed by atoms with Gasteiger partial charge in [-0.05, 0) is 79.2 Å². The quantitative estimate of drug-likeness (QED) is 0.498. The zero-order valence-electron chi connectivity index (χ0n) is 17.6. The molecule has 0 radical (unpaired) electrons. The number of fused-ring (bicyclic) bond motifs is 1. The third-order valence-corrected chi connectivity index (χ3v) is 6.64. The Morgan fingerprint density at radius 3 is 2.42 bits per heavy atom. The van der Waals surface area contributed by atoms with Crippen LogP contribution in [-0.2, 0) is 0 Å². The zero-order valence-corrected chi connectivity index (χ0v) is 19.2. The Hall–Kier alpha value is -2.74. The molecule has 1 atom stereocenters. The molecule has 7 nitrogen and oxygen atoms in total. The molecule has 0 unspecified atom stereocenters. The summed E-state index contributed by atoms with van der Waals surface area (Å²) in [5.41, 5.74) is 6.76. The van der Waals surface area contributed by atoms with Gasteiger partial charge in [-0.15, -0.1) is 0 Å². The molecule has 0 saturated carbocycles. The summed E-state index contributed by atoms with van der Waals surface area (Å²) >= 11 is 3.39. The van der Waals surface area contributed by atoms with E-state index in [2.05, 4.69) is 39.7 Å². The van der Waals surface area contributed by atoms with Gasteiger partial charge >= 0.3 is 0 Å². The number of carbonyl (C=O) groups excluding carboxylic acids is 3. The number of halogens is 1. The van der Waals surface area contributed by atoms with Crippen LogP contribution in [-0.4, -0.2) is 46.2 Å². The normalized spacial score (nSPS) is 19.8. The molecule has 1 saturated heterocycles. The van der Waals surface area contributed by atoms with Gasteiger partial charge in [-0.2, -0.15) is 0 Å². The van der Waals surface area contributed by atoms with Crippen LogP contribution >= 0.6 is 15.9 Å². The molecule has 0 bridgehead atoms. The minimum atomic E-state index is -0.500. The van der Waals surface area contributed by atoms with E-state index < -0.39 is 5.91 Å². The number of amides is 3. The van der Waals surface area contributed by atoms with Crippen LogP contribution in [0, 0.1) is 5.92 Å². The van der Waals surface area contributed by atoms with E-state index >= 15 is 0 Å². The lowest BCUT2D eigenvalue weighted by molar-refractivity contribution is 0.0649. The molecule has 0 spiro atoms. The van der Waals surface area contributed by atoms with E-state index in [1.807, 2.05) is 0 Å². The number of nitrogens with two attached hydrogens (primary N) is 1. The fourth-order valence-electron chi connectivity index (χ4n) is 4.76. The van der Waals surface area contributed by atoms with Crippen molar-refractivity contribution in [1.29, 1.82) is 0 Å². The molecule has 1 aromatic carbocycles. The molecule has 31 heavy (non-hydrogen) atoms. The molecule has 1 fully saturated rings. The van der Waals surface area contributed by atoms with E-state index in [0.29, 0.717) is 39.6 Å². The molecular formula is C23H25BrN4O3. The molecule has 2 aliphatic rings. The highest BCUT2D eigenvalue weighted by Crippen LogP contribution is 2.39. The predicted molar refractivity (Wildman–Crippen MR) is 121 cm³/mol. The highest BCUT2D eigenvalue weighted by molar-refractivity contribution is 9.10. The molecule has 162 valence electrons. The lowest BCUT2D eigenvalue weighted by Gasteiger charge is -2.33. The summed E-state index contributed by atoms with van der Waals surface area (Å²) in [4.78, 5) is 45.1. The van der Waals surface area contributed by atoms with Crippen molar-refractivity contribution in [2.45, 2.75) is 38.6 Å². The summed E-state index contributed by atoms with van der Waals surface area (Å²) in [6, 6.07) is 10.4. The summed E-state index contributed by atoms with van der Waals surface area (Å²) in [6.45, 7) is 5.40. The minimum absolute atomic E-state index is 0.196. The van der Waals surface area contributed by atoms with Gasteiger partial charge in [0.25, 0.3) is 17.7 Å². The first-order valence-electron chi connectivity index (χ1n) is 10.4. The number of hydrogen-bond donors (Lipinski definition) is 1. The maximum absolute atomic E-state index is 12.5. The molecule has 1 aromatic heterocycles. The average molecular weight is 485 g/mol. The number of aromatic nitrogens is 1. The number of hydrogen-bond acceptors (Lipinski definition) is 5. The van der Waals surface area contributed by atoms with Gasteiger partial charge in [0.2, 0.25) is 0 Å². The van der Waals surface area contributed by atoms with E-state index in [0.717, 1.165) is 25.8 Å². The van der Waals surface area contributed by atoms with E-state index in [9.17, 15) is 14.4 Å². The molecule has 0 aliphatic carbocycles. The van der Waals surface area contributed by atoms with Crippen LogP contribution in [0.1, 0.15) is 64.2 Å². The lowest BCUT2D eigenvalue weighted by atomic mass is 9.93. The van der Waals surface area contributed by atoms with E-state index in [1.165, 1.54) is 4.90 Å². The van der Waals surface area contributed by atoms with Crippen molar-refractivity contribution < 1.29 is 14.4 Å². The number of primary amides is 1. The topological polar surface area (TPSA) is 96.6 Å². The molecule has 2 N–H and O–H groups in total. The SMILES string of the molecule is CC1(C)C[C@@H](CCCN2C(=O)c3ccccc3C2=O)CN1c1nc(Br)ccc1C(N)=O. The summed E-state index contributed by atoms with van der Waals surface area (Å²) in [5, 5.41) is 0. The van der Waals surface area contributed by atoms with Crippen LogP contribution in [0.4, 0.5) is 5.82 Å². The summed E-state index contributed by atoms with van der Waals surface area (Å²) in [6.07, 6.45) is 2.52. The maximum atomic E-state index is 12.5. The number of carbonyl (C=O) groups is 3. The Morgan fingerprint density at radius 2 is 1.81 bits per heavy atom. The van der Waals surface area contributed by atoms with Crippen LogP contribution in [0.3, 0.4) is 0 Å². The van der Waals surface area contributed by atoms with Crippen molar-refractivity contribution in [3.05, 3.63) is 57.7 Å². The largest absolute Gasteiger partial charge is 0.365 e. The lowest BCUT2D eigenvalue weighted by Crippen LogP contribution is -2.40. The first-order chi connectivity index (χ1) is 14.7. The Labute approximate surface area is 189 Å². The van der Waals surface area contributed by atoms with E-state index in [1.54, 1.807) is 36.4 Å². The van der Waals surface area contributed by atoms with Gasteiger partial charge in [0, 0.05) is 18.6 Å². The molecule has 2 aliphatic heterocycles. The Kier molecular flexibility index (Phi) is 5.60. The van der Waals surface area contributed by atoms with Crippen molar-refractivity contribution in [3.63, 3.8) is 0 Å². The molecule has 3 heterocycles. The van der Waals surface area contributed by atoms with Crippen molar-refractivity contribution in [1.82, 2.24) is 9.88 Å². The number of anilines is 1. The van der Waals surface area contributed by atoms with Crippen LogP contribution in [0.25, 0.3) is 0 Å². The van der Waals surface area contributed by atoms with Crippen LogP contribution in [0.2, 0.25) is 0 Å². The number of benzene rings is 1. The fourth-order valence-corrected chi connectivity index (χ4v) is 5.06. The monoisotopic (exact) mass is 484 g/mol. The highest BCUT2D eigenvalue weighted by Gasteiger charge is 2.41. The van der Waals surface area contributed by atoms with Gasteiger partial charge < -0.3 is 10.6 Å². The van der Waals surface area contributed by atoms with Crippen LogP contribution < -0.4 is 10.6 Å². The predicted octanol–water partition coefficient (Wildman–Crippen LogP) is 3.62. The summed E-state index contributed by atoms with van der Waals surface area (Å²) < 4.78 is 0.650. The third kappa shape index (κ3) is 3.96. The second-order valence-corrected chi connectivity index (χ2v) is 9.62. The third-order valence-electron chi connectivity index (χ3n) is 6.19. The number of nitrogens with zero attached hydrogens (tertiary/aromatic N) is 3. The van der Waals surface area contributed by atoms with Gasteiger partial charge in [-0.3, -0.25) is 19.3 Å². The zero-order chi connectivity index (χ0) is 22.3. The van der Waals surface area contributed by atoms with Gasteiger partial charge in [0.15, 0.2) is 0 Å². The van der Waals surface area contributed by atoms with E-state index in [4.69, 9.17) is 5.73 Å². The summed E-state index contributed by atoms with van der Waals surface area (Å²) in [7, 11) is 0. The van der Waals surface area contributed by atoms with Crippen LogP contribution in [0.5, 0.6) is 0 Å². The maximum Gasteiger partial charge on any atom is 0.261 e. The Morgan fingerprint density at radius 1 is 1.16 bits per heavy atom. The standard InChI is InChI=1S/C23H25BrN4O3/c1-23(2)12-14(13-28(23)20-17(19(25)29)9-10-18(24)26-20)6-5-11-27-21(30)15-7-3-4-8-16(15)22(27)31/h3-4,7-10,14H,5-6,11-13H2,1-2H3,(H2,25,29)/t14-/m1/s1. The van der Waals surface area contributed by atoms with Crippen LogP contribution in [0.15, 0.2) is 41.0 Å². The molecule has 8 heteroatoms. The number of imide groups is 1. The van der Waals surface area contributed by atoms with Gasteiger partial charge in [-0.25, -0.2) is 4.98 Å². The Bertz CT molecular complexity index is 1030. The van der Waals surface area contributed by atoms with Gasteiger partial charge in [0.1, 0.15) is 10.4 Å². The first kappa shape index (κ1) is 21.5. The number of pyridine rings is 1. The van der Waals surface area contributed by atoms with Gasteiger partial charge in [-0.1, -0.05) is 12.1 Å². The second kappa shape index (κ2) is 8.07.